The zero-order chi connectivity index (χ0) is 19.7. The number of alkyl halides is 3. The summed E-state index contributed by atoms with van der Waals surface area (Å²) in [7, 11) is 1.99. The maximum atomic E-state index is 13.1. The number of halogens is 3. The largest absolute Gasteiger partial charge is 0.488 e. The zero-order valence-electron chi connectivity index (χ0n) is 15.8. The van der Waals surface area contributed by atoms with Gasteiger partial charge in [-0.3, -0.25) is 4.90 Å². The lowest BCUT2D eigenvalue weighted by molar-refractivity contribution is -0.137. The highest BCUT2D eigenvalue weighted by atomic mass is 19.4. The van der Waals surface area contributed by atoms with E-state index in [0.717, 1.165) is 31.5 Å². The predicted molar refractivity (Wildman–Crippen MR) is 92.4 cm³/mol. The summed E-state index contributed by atoms with van der Waals surface area (Å²) in [6, 6.07) is 3.08. The van der Waals surface area contributed by atoms with E-state index in [9.17, 15) is 18.0 Å². The van der Waals surface area contributed by atoms with Gasteiger partial charge in [-0.15, -0.1) is 0 Å². The van der Waals surface area contributed by atoms with Gasteiger partial charge in [-0.05, 0) is 72.3 Å². The summed E-state index contributed by atoms with van der Waals surface area (Å²) in [6.07, 6.45) is -2.83. The Balaban J connectivity index is 2.33. The third-order valence-corrected chi connectivity index (χ3v) is 4.36. The van der Waals surface area contributed by atoms with Crippen LogP contribution in [0.5, 0.6) is 5.75 Å². The molecule has 0 spiro atoms. The lowest BCUT2D eigenvalue weighted by Gasteiger charge is -2.28. The van der Waals surface area contributed by atoms with Crippen molar-refractivity contribution in [3.05, 3.63) is 29.3 Å². The van der Waals surface area contributed by atoms with E-state index >= 15 is 0 Å². The summed E-state index contributed by atoms with van der Waals surface area (Å²) in [5.41, 5.74) is -1.93. The quantitative estimate of drug-likeness (QED) is 0.728. The van der Waals surface area contributed by atoms with Gasteiger partial charge in [0, 0.05) is 6.04 Å². The van der Waals surface area contributed by atoms with Gasteiger partial charge in [0.05, 0.1) is 5.56 Å². The Bertz CT molecular complexity index is 652. The topological polar surface area (TPSA) is 38.8 Å². The Morgan fingerprint density at radius 1 is 1.27 bits per heavy atom. The Labute approximate surface area is 152 Å². The van der Waals surface area contributed by atoms with Crippen molar-refractivity contribution in [3.63, 3.8) is 0 Å². The molecule has 1 aliphatic heterocycles. The van der Waals surface area contributed by atoms with E-state index in [1.165, 1.54) is 6.07 Å². The van der Waals surface area contributed by atoms with E-state index in [-0.39, 0.29) is 23.5 Å². The van der Waals surface area contributed by atoms with Gasteiger partial charge < -0.3 is 9.47 Å². The first-order chi connectivity index (χ1) is 11.9. The van der Waals surface area contributed by atoms with Crippen LogP contribution in [-0.2, 0) is 10.9 Å². The van der Waals surface area contributed by atoms with Crippen LogP contribution in [0.2, 0.25) is 0 Å². The number of carbonyl (C=O) groups is 1. The first-order valence-electron chi connectivity index (χ1n) is 8.70. The maximum Gasteiger partial charge on any atom is 0.416 e. The molecule has 1 heterocycles. The minimum absolute atomic E-state index is 0.111. The second-order valence-corrected chi connectivity index (χ2v) is 7.72. The minimum Gasteiger partial charge on any atom is -0.488 e. The molecule has 0 bridgehead atoms. The summed E-state index contributed by atoms with van der Waals surface area (Å²) in [5, 5.41) is 0. The van der Waals surface area contributed by atoms with Crippen LogP contribution in [0.3, 0.4) is 0 Å². The molecule has 26 heavy (non-hydrogen) atoms. The molecular weight excluding hydrogens is 347 g/mol. The van der Waals surface area contributed by atoms with Gasteiger partial charge in [0.25, 0.3) is 0 Å². The number of likely N-dealkylation sites (tertiary alicyclic amines) is 1. The third kappa shape index (κ3) is 5.13. The number of hydrogen-bond acceptors (Lipinski definition) is 4. The highest BCUT2D eigenvalue weighted by molar-refractivity contribution is 5.93. The summed E-state index contributed by atoms with van der Waals surface area (Å²) < 4.78 is 50.3. The fourth-order valence-corrected chi connectivity index (χ4v) is 3.11. The maximum absolute atomic E-state index is 13.1. The first-order valence-corrected chi connectivity index (χ1v) is 8.70. The second-order valence-electron chi connectivity index (χ2n) is 7.72. The molecule has 1 saturated heterocycles. The van der Waals surface area contributed by atoms with E-state index in [0.29, 0.717) is 0 Å². The molecule has 1 aromatic rings. The monoisotopic (exact) mass is 373 g/mol. The Hall–Kier alpha value is -1.76. The van der Waals surface area contributed by atoms with E-state index in [2.05, 4.69) is 4.90 Å². The van der Waals surface area contributed by atoms with Gasteiger partial charge in [0.15, 0.2) is 0 Å². The minimum atomic E-state index is -4.55. The molecular formula is C19H26F3NO3. The fraction of sp³-hybridized carbons (Fsp3) is 0.632. The van der Waals surface area contributed by atoms with E-state index < -0.39 is 23.3 Å². The fourth-order valence-electron chi connectivity index (χ4n) is 3.11. The molecule has 2 unspecified atom stereocenters. The Morgan fingerprint density at radius 2 is 1.92 bits per heavy atom. The van der Waals surface area contributed by atoms with Gasteiger partial charge in [0.2, 0.25) is 0 Å². The van der Waals surface area contributed by atoms with Crippen LogP contribution in [0.4, 0.5) is 13.2 Å². The van der Waals surface area contributed by atoms with Crippen molar-refractivity contribution in [2.45, 2.75) is 64.5 Å². The van der Waals surface area contributed by atoms with Crippen molar-refractivity contribution >= 4 is 5.97 Å². The van der Waals surface area contributed by atoms with Crippen LogP contribution in [0.15, 0.2) is 18.2 Å². The predicted octanol–water partition coefficient (Wildman–Crippen LogP) is 4.52. The van der Waals surface area contributed by atoms with Crippen LogP contribution in [0.25, 0.3) is 0 Å². The standard InChI is InChI=1S/C19H26F3NO3/c1-12(15-7-6-10-23(15)5)25-16-9-8-13(19(20,21)22)11-14(16)17(24)26-18(2,3)4/h8-9,11-12,15H,6-7,10H2,1-5H3. The molecule has 0 aliphatic carbocycles. The van der Waals surface area contributed by atoms with E-state index in [1.807, 2.05) is 14.0 Å². The molecule has 0 N–H and O–H groups in total. The van der Waals surface area contributed by atoms with Crippen LogP contribution < -0.4 is 4.74 Å². The van der Waals surface area contributed by atoms with Crippen molar-refractivity contribution < 1.29 is 27.4 Å². The van der Waals surface area contributed by atoms with Gasteiger partial charge in [-0.2, -0.15) is 13.2 Å². The molecule has 2 atom stereocenters. The number of ether oxygens (including phenoxy) is 2. The molecule has 1 aliphatic rings. The highest BCUT2D eigenvalue weighted by Gasteiger charge is 2.34. The SMILES string of the molecule is CC(Oc1ccc(C(F)(F)F)cc1C(=O)OC(C)(C)C)C1CCCN1C. The van der Waals surface area contributed by atoms with Crippen LogP contribution in [-0.4, -0.2) is 42.2 Å². The smallest absolute Gasteiger partial charge is 0.416 e. The molecule has 1 aromatic carbocycles. The van der Waals surface area contributed by atoms with Crippen molar-refractivity contribution in [2.24, 2.45) is 0 Å². The summed E-state index contributed by atoms with van der Waals surface area (Å²) in [4.78, 5) is 14.6. The molecule has 2 rings (SSSR count). The second kappa shape index (κ2) is 7.47. The summed E-state index contributed by atoms with van der Waals surface area (Å²) in [6.45, 7) is 7.80. The van der Waals surface area contributed by atoms with Gasteiger partial charge in [-0.25, -0.2) is 4.79 Å². The molecule has 146 valence electrons. The van der Waals surface area contributed by atoms with Gasteiger partial charge in [0.1, 0.15) is 23.0 Å². The normalized spacial score (nSPS) is 20.1. The van der Waals surface area contributed by atoms with E-state index in [1.54, 1.807) is 20.8 Å². The summed E-state index contributed by atoms with van der Waals surface area (Å²) >= 11 is 0. The van der Waals surface area contributed by atoms with Crippen molar-refractivity contribution in [3.8, 4) is 5.75 Å². The van der Waals surface area contributed by atoms with E-state index in [4.69, 9.17) is 9.47 Å². The lowest BCUT2D eigenvalue weighted by Crippen LogP contribution is -2.38. The average Bonchev–Trinajstić information content (AvgIpc) is 2.90. The average molecular weight is 373 g/mol. The molecule has 7 heteroatoms. The summed E-state index contributed by atoms with van der Waals surface area (Å²) in [5.74, 6) is -0.717. The molecule has 1 fully saturated rings. The number of benzene rings is 1. The Morgan fingerprint density at radius 3 is 2.42 bits per heavy atom. The van der Waals surface area contributed by atoms with Crippen LogP contribution in [0, 0.1) is 0 Å². The molecule has 4 nitrogen and oxygen atoms in total. The number of hydrogen-bond donors (Lipinski definition) is 0. The molecule has 0 amide bonds. The zero-order valence-corrected chi connectivity index (χ0v) is 15.8. The number of nitrogens with zero attached hydrogens (tertiary/aromatic N) is 1. The van der Waals surface area contributed by atoms with Crippen molar-refractivity contribution in [1.29, 1.82) is 0 Å². The van der Waals surface area contributed by atoms with Gasteiger partial charge in [-0.1, -0.05) is 0 Å². The molecule has 0 saturated carbocycles. The molecule has 0 aromatic heterocycles. The number of esters is 1. The molecule has 0 radical (unpaired) electrons. The van der Waals surface area contributed by atoms with Crippen molar-refractivity contribution in [1.82, 2.24) is 4.90 Å². The number of likely N-dealkylation sites (N-methyl/N-ethyl adjacent to an activating group) is 1. The number of carbonyl (C=O) groups excluding carboxylic acids is 1. The first kappa shape index (κ1) is 20.6. The van der Waals surface area contributed by atoms with Crippen LogP contribution >= 0.6 is 0 Å². The van der Waals surface area contributed by atoms with Crippen molar-refractivity contribution in [2.75, 3.05) is 13.6 Å². The highest BCUT2D eigenvalue weighted by Crippen LogP contribution is 2.34. The number of rotatable bonds is 4. The Kier molecular flexibility index (Phi) is 5.90. The van der Waals surface area contributed by atoms with Gasteiger partial charge >= 0.3 is 12.1 Å². The van der Waals surface area contributed by atoms with Crippen LogP contribution in [0.1, 0.15) is 56.5 Å². The third-order valence-electron chi connectivity index (χ3n) is 4.36. The lowest BCUT2D eigenvalue weighted by atomic mass is 10.1.